The Labute approximate surface area is 91.7 Å². The number of nitriles is 1. The van der Waals surface area contributed by atoms with Crippen molar-refractivity contribution in [3.63, 3.8) is 0 Å². The summed E-state index contributed by atoms with van der Waals surface area (Å²) in [6.45, 7) is 1.75. The van der Waals surface area contributed by atoms with Gasteiger partial charge in [0.15, 0.2) is 5.15 Å². The molecule has 0 spiro atoms. The topological polar surface area (TPSA) is 54.5 Å². The van der Waals surface area contributed by atoms with Crippen LogP contribution in [0.15, 0.2) is 24.5 Å². The molecule has 2 aromatic rings. The number of hydrogen-bond donors (Lipinski definition) is 0. The van der Waals surface area contributed by atoms with Crippen LogP contribution in [0.25, 0.3) is 5.69 Å². The lowest BCUT2D eigenvalue weighted by Crippen LogP contribution is -1.96. The van der Waals surface area contributed by atoms with E-state index in [0.717, 1.165) is 5.69 Å². The fraction of sp³-hybridized carbons (Fsp3) is 0.100. The molecule has 0 N–H and O–H groups in total. The molecule has 0 bridgehead atoms. The molecule has 0 saturated carbocycles. The molecule has 0 aromatic carbocycles. The lowest BCUT2D eigenvalue weighted by atomic mass is 10.3. The first-order chi connectivity index (χ1) is 7.24. The van der Waals surface area contributed by atoms with Crippen LogP contribution in [-0.4, -0.2) is 14.8 Å². The minimum absolute atomic E-state index is 0.322. The Hall–Kier alpha value is -1.86. The Morgan fingerprint density at radius 2 is 2.33 bits per heavy atom. The summed E-state index contributed by atoms with van der Waals surface area (Å²) in [5.41, 5.74) is 1.76. The summed E-state index contributed by atoms with van der Waals surface area (Å²) in [6, 6.07) is 5.63. The molecule has 5 heteroatoms. The van der Waals surface area contributed by atoms with Gasteiger partial charge < -0.3 is 0 Å². The predicted octanol–water partition coefficient (Wildman–Crippen LogP) is 2.10. The molecule has 2 aromatic heterocycles. The van der Waals surface area contributed by atoms with Gasteiger partial charge in [-0.05, 0) is 19.1 Å². The quantitative estimate of drug-likeness (QED) is 0.737. The van der Waals surface area contributed by atoms with Crippen molar-refractivity contribution in [3.05, 3.63) is 40.9 Å². The predicted molar refractivity (Wildman–Crippen MR) is 55.8 cm³/mol. The van der Waals surface area contributed by atoms with Gasteiger partial charge in [-0.25, -0.2) is 4.68 Å². The van der Waals surface area contributed by atoms with E-state index in [1.807, 2.05) is 12.1 Å². The Morgan fingerprint density at radius 1 is 1.53 bits per heavy atom. The molecule has 15 heavy (non-hydrogen) atoms. The molecule has 0 saturated heterocycles. The van der Waals surface area contributed by atoms with E-state index in [2.05, 4.69) is 10.1 Å². The molecule has 2 heterocycles. The maximum atomic E-state index is 8.86. The third kappa shape index (κ3) is 1.58. The zero-order chi connectivity index (χ0) is 10.8. The van der Waals surface area contributed by atoms with Crippen LogP contribution in [0.3, 0.4) is 0 Å². The lowest BCUT2D eigenvalue weighted by Gasteiger charge is -2.00. The second kappa shape index (κ2) is 3.71. The maximum Gasteiger partial charge on any atom is 0.151 e. The molecule has 0 unspecified atom stereocenters. The lowest BCUT2D eigenvalue weighted by molar-refractivity contribution is 0.857. The van der Waals surface area contributed by atoms with Gasteiger partial charge in [-0.1, -0.05) is 11.6 Å². The van der Waals surface area contributed by atoms with Crippen LogP contribution in [0.4, 0.5) is 0 Å². The molecular formula is C10H7ClN4. The molecule has 0 fully saturated rings. The number of pyridine rings is 1. The minimum Gasteiger partial charge on any atom is -0.262 e. The van der Waals surface area contributed by atoms with Crippen LogP contribution >= 0.6 is 11.6 Å². The van der Waals surface area contributed by atoms with E-state index in [4.69, 9.17) is 16.9 Å². The highest BCUT2D eigenvalue weighted by atomic mass is 35.5. The van der Waals surface area contributed by atoms with E-state index in [-0.39, 0.29) is 0 Å². The fourth-order valence-corrected chi connectivity index (χ4v) is 1.59. The molecule has 0 radical (unpaired) electrons. The van der Waals surface area contributed by atoms with Gasteiger partial charge in [-0.15, -0.1) is 0 Å². The fourth-order valence-electron chi connectivity index (χ4n) is 1.28. The first kappa shape index (κ1) is 9.69. The van der Waals surface area contributed by atoms with Gasteiger partial charge in [-0.3, -0.25) is 4.98 Å². The van der Waals surface area contributed by atoms with Gasteiger partial charge in [0.2, 0.25) is 0 Å². The van der Waals surface area contributed by atoms with E-state index in [0.29, 0.717) is 16.4 Å². The van der Waals surface area contributed by atoms with Crippen molar-refractivity contribution in [2.45, 2.75) is 6.92 Å². The Bertz CT molecular complexity index is 524. The van der Waals surface area contributed by atoms with Crippen LogP contribution in [0.5, 0.6) is 0 Å². The third-order valence-corrected chi connectivity index (χ3v) is 2.36. The number of aryl methyl sites for hydroxylation is 1. The molecule has 0 aliphatic heterocycles. The van der Waals surface area contributed by atoms with Gasteiger partial charge in [0.1, 0.15) is 11.6 Å². The van der Waals surface area contributed by atoms with Gasteiger partial charge in [-0.2, -0.15) is 10.4 Å². The van der Waals surface area contributed by atoms with E-state index < -0.39 is 0 Å². The van der Waals surface area contributed by atoms with Crippen molar-refractivity contribution >= 4 is 11.6 Å². The zero-order valence-electron chi connectivity index (χ0n) is 7.98. The average Bonchev–Trinajstić information content (AvgIpc) is 2.55. The van der Waals surface area contributed by atoms with E-state index in [1.54, 1.807) is 25.4 Å². The summed E-state index contributed by atoms with van der Waals surface area (Å²) in [7, 11) is 0. The van der Waals surface area contributed by atoms with Crippen molar-refractivity contribution in [3.8, 4) is 11.8 Å². The molecular weight excluding hydrogens is 212 g/mol. The Morgan fingerprint density at radius 3 is 2.87 bits per heavy atom. The van der Waals surface area contributed by atoms with Crippen LogP contribution in [0, 0.1) is 18.3 Å². The van der Waals surface area contributed by atoms with Crippen molar-refractivity contribution < 1.29 is 0 Å². The van der Waals surface area contributed by atoms with Crippen LogP contribution < -0.4 is 0 Å². The summed E-state index contributed by atoms with van der Waals surface area (Å²) >= 11 is 6.01. The smallest absolute Gasteiger partial charge is 0.151 e. The number of hydrogen-bond acceptors (Lipinski definition) is 3. The summed E-state index contributed by atoms with van der Waals surface area (Å²) < 4.78 is 1.50. The number of halogens is 1. The van der Waals surface area contributed by atoms with E-state index in [1.165, 1.54) is 4.68 Å². The van der Waals surface area contributed by atoms with Gasteiger partial charge in [0.25, 0.3) is 0 Å². The van der Waals surface area contributed by atoms with Crippen molar-refractivity contribution in [1.82, 2.24) is 14.8 Å². The first-order valence-corrected chi connectivity index (χ1v) is 4.67. The Kier molecular flexibility index (Phi) is 2.40. The maximum absolute atomic E-state index is 8.86. The first-order valence-electron chi connectivity index (χ1n) is 4.29. The van der Waals surface area contributed by atoms with Crippen LogP contribution in [0.2, 0.25) is 5.15 Å². The number of rotatable bonds is 1. The molecule has 2 rings (SSSR count). The summed E-state index contributed by atoms with van der Waals surface area (Å²) in [6.07, 6.45) is 3.30. The normalized spacial score (nSPS) is 9.93. The minimum atomic E-state index is 0.322. The highest BCUT2D eigenvalue weighted by molar-refractivity contribution is 6.31. The Balaban J connectivity index is 2.62. The van der Waals surface area contributed by atoms with Crippen molar-refractivity contribution in [1.29, 1.82) is 5.26 Å². The van der Waals surface area contributed by atoms with Gasteiger partial charge in [0.05, 0.1) is 17.6 Å². The third-order valence-electron chi connectivity index (χ3n) is 2.01. The SMILES string of the molecule is Cc1nn(-c2cccnc2)c(Cl)c1C#N. The summed E-state index contributed by atoms with van der Waals surface area (Å²) in [4.78, 5) is 3.96. The van der Waals surface area contributed by atoms with Crippen LogP contribution in [-0.2, 0) is 0 Å². The van der Waals surface area contributed by atoms with E-state index in [9.17, 15) is 0 Å². The van der Waals surface area contributed by atoms with Gasteiger partial charge in [0, 0.05) is 6.20 Å². The van der Waals surface area contributed by atoms with Crippen molar-refractivity contribution in [2.24, 2.45) is 0 Å². The molecule has 0 aliphatic carbocycles. The van der Waals surface area contributed by atoms with Gasteiger partial charge >= 0.3 is 0 Å². The summed E-state index contributed by atoms with van der Waals surface area (Å²) in [5.74, 6) is 0. The highest BCUT2D eigenvalue weighted by Crippen LogP contribution is 2.21. The second-order valence-electron chi connectivity index (χ2n) is 2.99. The molecule has 0 aliphatic rings. The molecule has 74 valence electrons. The highest BCUT2D eigenvalue weighted by Gasteiger charge is 2.13. The molecule has 0 atom stereocenters. The molecule has 0 amide bonds. The largest absolute Gasteiger partial charge is 0.262 e. The number of aromatic nitrogens is 3. The van der Waals surface area contributed by atoms with E-state index >= 15 is 0 Å². The van der Waals surface area contributed by atoms with Crippen molar-refractivity contribution in [2.75, 3.05) is 0 Å². The molecule has 4 nitrogen and oxygen atoms in total. The van der Waals surface area contributed by atoms with Crippen LogP contribution in [0.1, 0.15) is 11.3 Å². The second-order valence-corrected chi connectivity index (χ2v) is 3.34. The monoisotopic (exact) mass is 218 g/mol. The summed E-state index contributed by atoms with van der Waals surface area (Å²) in [5, 5.41) is 13.4. The average molecular weight is 219 g/mol. The zero-order valence-corrected chi connectivity index (χ0v) is 8.73. The number of nitrogens with zero attached hydrogens (tertiary/aromatic N) is 4. The standard InChI is InChI=1S/C10H7ClN4/c1-7-9(5-12)10(11)15(14-7)8-3-2-4-13-6-8/h2-4,6H,1H3.